The fourth-order valence-corrected chi connectivity index (χ4v) is 3.14. The number of hydrogen-bond acceptors (Lipinski definition) is 4. The van der Waals surface area contributed by atoms with Crippen molar-refractivity contribution in [3.05, 3.63) is 88.4 Å². The largest absolute Gasteiger partial charge is 0.416 e. The molecule has 0 aliphatic heterocycles. The molecule has 0 bridgehead atoms. The van der Waals surface area contributed by atoms with E-state index in [4.69, 9.17) is 16.0 Å². The van der Waals surface area contributed by atoms with Crippen molar-refractivity contribution >= 4 is 23.2 Å². The number of nitrogens with zero attached hydrogens (tertiary/aromatic N) is 2. The standard InChI is InChI=1S/C23H18ClN3O2/c1-14-6-3-4-7-18(14)23-27-26-22(29-23)17-12-10-16(11-13-17)21(28)25-20-9-5-8-19(24)15(20)2/h3-13H,1-2H3,(H,25,28). The Kier molecular flexibility index (Phi) is 5.14. The van der Waals surface area contributed by atoms with Gasteiger partial charge in [-0.15, -0.1) is 10.2 Å². The molecule has 6 heteroatoms. The number of nitrogens with one attached hydrogen (secondary N) is 1. The molecule has 3 aromatic carbocycles. The van der Waals surface area contributed by atoms with Crippen LogP contribution < -0.4 is 5.32 Å². The van der Waals surface area contributed by atoms with E-state index in [9.17, 15) is 4.79 Å². The summed E-state index contributed by atoms with van der Waals surface area (Å²) < 4.78 is 5.82. The fourth-order valence-electron chi connectivity index (χ4n) is 2.96. The number of rotatable bonds is 4. The highest BCUT2D eigenvalue weighted by Crippen LogP contribution is 2.27. The van der Waals surface area contributed by atoms with Gasteiger partial charge in [-0.2, -0.15) is 0 Å². The highest BCUT2D eigenvalue weighted by Gasteiger charge is 2.14. The Morgan fingerprint density at radius 2 is 1.62 bits per heavy atom. The highest BCUT2D eigenvalue weighted by molar-refractivity contribution is 6.31. The third-order valence-corrected chi connectivity index (χ3v) is 5.12. The number of anilines is 1. The molecule has 4 rings (SSSR count). The van der Waals surface area contributed by atoms with Gasteiger partial charge >= 0.3 is 0 Å². The minimum Gasteiger partial charge on any atom is -0.416 e. The van der Waals surface area contributed by atoms with Gasteiger partial charge in [0.15, 0.2) is 0 Å². The second kappa shape index (κ2) is 7.89. The van der Waals surface area contributed by atoms with Crippen molar-refractivity contribution in [3.8, 4) is 22.9 Å². The molecule has 1 heterocycles. The molecule has 0 aliphatic carbocycles. The van der Waals surface area contributed by atoms with Gasteiger partial charge in [0.2, 0.25) is 11.8 Å². The van der Waals surface area contributed by atoms with E-state index in [1.807, 2.05) is 44.2 Å². The first-order chi connectivity index (χ1) is 14.0. The van der Waals surface area contributed by atoms with E-state index < -0.39 is 0 Å². The van der Waals surface area contributed by atoms with E-state index in [1.165, 1.54) is 0 Å². The summed E-state index contributed by atoms with van der Waals surface area (Å²) in [4.78, 5) is 12.5. The van der Waals surface area contributed by atoms with Crippen LogP contribution in [0.15, 0.2) is 71.1 Å². The highest BCUT2D eigenvalue weighted by atomic mass is 35.5. The molecule has 4 aromatic rings. The van der Waals surface area contributed by atoms with Crippen LogP contribution in [0.4, 0.5) is 5.69 Å². The van der Waals surface area contributed by atoms with Gasteiger partial charge in [-0.25, -0.2) is 0 Å². The van der Waals surface area contributed by atoms with Crippen LogP contribution in [-0.2, 0) is 0 Å². The molecular weight excluding hydrogens is 386 g/mol. The molecule has 1 N–H and O–H groups in total. The van der Waals surface area contributed by atoms with Crippen LogP contribution in [0.25, 0.3) is 22.9 Å². The van der Waals surface area contributed by atoms with Crippen molar-refractivity contribution < 1.29 is 9.21 Å². The zero-order valence-electron chi connectivity index (χ0n) is 15.9. The molecule has 0 radical (unpaired) electrons. The first-order valence-electron chi connectivity index (χ1n) is 9.09. The van der Waals surface area contributed by atoms with Gasteiger partial charge in [-0.1, -0.05) is 35.9 Å². The summed E-state index contributed by atoms with van der Waals surface area (Å²) in [7, 11) is 0. The summed E-state index contributed by atoms with van der Waals surface area (Å²) >= 11 is 6.11. The van der Waals surface area contributed by atoms with E-state index in [0.717, 1.165) is 22.3 Å². The van der Waals surface area contributed by atoms with E-state index in [0.29, 0.717) is 28.1 Å². The number of benzene rings is 3. The normalized spacial score (nSPS) is 10.7. The molecule has 0 fully saturated rings. The Hall–Kier alpha value is -3.44. The van der Waals surface area contributed by atoms with Crippen LogP contribution in [0.2, 0.25) is 5.02 Å². The maximum atomic E-state index is 12.5. The van der Waals surface area contributed by atoms with Crippen LogP contribution >= 0.6 is 11.6 Å². The lowest BCUT2D eigenvalue weighted by atomic mass is 10.1. The lowest BCUT2D eigenvalue weighted by molar-refractivity contribution is 0.102. The van der Waals surface area contributed by atoms with Gasteiger partial charge < -0.3 is 9.73 Å². The summed E-state index contributed by atoms with van der Waals surface area (Å²) in [5.74, 6) is 0.658. The van der Waals surface area contributed by atoms with Crippen molar-refractivity contribution in [1.29, 1.82) is 0 Å². The molecule has 0 unspecified atom stereocenters. The van der Waals surface area contributed by atoms with Crippen LogP contribution in [0.1, 0.15) is 21.5 Å². The first kappa shape index (κ1) is 18.9. The van der Waals surface area contributed by atoms with Gasteiger partial charge in [0.05, 0.1) is 0 Å². The average Bonchev–Trinajstić information content (AvgIpc) is 3.22. The molecule has 5 nitrogen and oxygen atoms in total. The fraction of sp³-hybridized carbons (Fsp3) is 0.0870. The van der Waals surface area contributed by atoms with E-state index in [-0.39, 0.29) is 5.91 Å². The van der Waals surface area contributed by atoms with Crippen molar-refractivity contribution in [2.45, 2.75) is 13.8 Å². The predicted octanol–water partition coefficient (Wildman–Crippen LogP) is 5.93. The lowest BCUT2D eigenvalue weighted by Gasteiger charge is -2.09. The summed E-state index contributed by atoms with van der Waals surface area (Å²) in [6.45, 7) is 3.86. The molecule has 0 aliphatic rings. The van der Waals surface area contributed by atoms with Crippen LogP contribution in [0.3, 0.4) is 0 Å². The third kappa shape index (κ3) is 3.91. The zero-order valence-corrected chi connectivity index (χ0v) is 16.7. The average molecular weight is 404 g/mol. The van der Waals surface area contributed by atoms with Crippen LogP contribution in [-0.4, -0.2) is 16.1 Å². The molecule has 1 aromatic heterocycles. The smallest absolute Gasteiger partial charge is 0.255 e. The van der Waals surface area contributed by atoms with Crippen LogP contribution in [0, 0.1) is 13.8 Å². The van der Waals surface area contributed by atoms with Crippen LogP contribution in [0.5, 0.6) is 0 Å². The number of hydrogen-bond donors (Lipinski definition) is 1. The number of carbonyl (C=O) groups is 1. The number of amides is 1. The molecule has 1 amide bonds. The molecule has 144 valence electrons. The molecular formula is C23H18ClN3O2. The number of aromatic nitrogens is 2. The summed E-state index contributed by atoms with van der Waals surface area (Å²) in [5.41, 5.74) is 4.74. The monoisotopic (exact) mass is 403 g/mol. The SMILES string of the molecule is Cc1ccccc1-c1nnc(-c2ccc(C(=O)Nc3cccc(Cl)c3C)cc2)o1. The summed E-state index contributed by atoms with van der Waals surface area (Å²) in [5, 5.41) is 11.8. The number of halogens is 1. The molecule has 0 saturated heterocycles. The van der Waals surface area contributed by atoms with Crippen molar-refractivity contribution in [1.82, 2.24) is 10.2 Å². The second-order valence-electron chi connectivity index (χ2n) is 6.67. The Morgan fingerprint density at radius 1 is 0.897 bits per heavy atom. The maximum absolute atomic E-state index is 12.5. The number of carbonyl (C=O) groups excluding carboxylic acids is 1. The lowest BCUT2D eigenvalue weighted by Crippen LogP contribution is -2.12. The molecule has 0 atom stereocenters. The topological polar surface area (TPSA) is 68.0 Å². The van der Waals surface area contributed by atoms with E-state index in [2.05, 4.69) is 15.5 Å². The summed E-state index contributed by atoms with van der Waals surface area (Å²) in [6, 6.07) is 20.3. The number of aryl methyl sites for hydroxylation is 1. The van der Waals surface area contributed by atoms with Crippen molar-refractivity contribution in [2.24, 2.45) is 0 Å². The van der Waals surface area contributed by atoms with Gasteiger partial charge in [-0.3, -0.25) is 4.79 Å². The quantitative estimate of drug-likeness (QED) is 0.458. The zero-order chi connectivity index (χ0) is 20.4. The molecule has 0 spiro atoms. The second-order valence-corrected chi connectivity index (χ2v) is 7.08. The first-order valence-corrected chi connectivity index (χ1v) is 9.47. The Balaban J connectivity index is 1.53. The van der Waals surface area contributed by atoms with E-state index in [1.54, 1.807) is 36.4 Å². The molecule has 0 saturated carbocycles. The van der Waals surface area contributed by atoms with Gasteiger partial charge in [0.1, 0.15) is 0 Å². The summed E-state index contributed by atoms with van der Waals surface area (Å²) in [6.07, 6.45) is 0. The minimum atomic E-state index is -0.215. The molecule has 29 heavy (non-hydrogen) atoms. The third-order valence-electron chi connectivity index (χ3n) is 4.71. The van der Waals surface area contributed by atoms with Crippen molar-refractivity contribution in [2.75, 3.05) is 5.32 Å². The minimum absolute atomic E-state index is 0.215. The Bertz CT molecular complexity index is 1180. The van der Waals surface area contributed by atoms with Gasteiger partial charge in [0.25, 0.3) is 5.91 Å². The Morgan fingerprint density at radius 3 is 2.38 bits per heavy atom. The Labute approximate surface area is 173 Å². The predicted molar refractivity (Wildman–Crippen MR) is 114 cm³/mol. The maximum Gasteiger partial charge on any atom is 0.255 e. The van der Waals surface area contributed by atoms with Crippen molar-refractivity contribution in [3.63, 3.8) is 0 Å². The van der Waals surface area contributed by atoms with E-state index >= 15 is 0 Å². The van der Waals surface area contributed by atoms with Gasteiger partial charge in [0, 0.05) is 27.4 Å². The van der Waals surface area contributed by atoms with Gasteiger partial charge in [-0.05, 0) is 67.4 Å².